The van der Waals surface area contributed by atoms with Crippen molar-refractivity contribution in [2.24, 2.45) is 16.6 Å². The van der Waals surface area contributed by atoms with Crippen molar-refractivity contribution < 1.29 is 9.53 Å². The van der Waals surface area contributed by atoms with Crippen LogP contribution in [0.3, 0.4) is 0 Å². The number of nitrogens with two attached hydrogens (primary N) is 1. The molecule has 6 nitrogen and oxygen atoms in total. The first-order valence-corrected chi connectivity index (χ1v) is 9.76. The van der Waals surface area contributed by atoms with E-state index in [1.807, 2.05) is 57.7 Å². The summed E-state index contributed by atoms with van der Waals surface area (Å²) in [7, 11) is 1.40. The van der Waals surface area contributed by atoms with Crippen LogP contribution in [-0.2, 0) is 9.53 Å². The van der Waals surface area contributed by atoms with Crippen molar-refractivity contribution in [1.29, 1.82) is 0 Å². The SMILES string of the molecule is CC.COC(=O)C1=CCN(c2ccc(N=C(C)/C(=C(/C)N)C(C)C)c(C)n2)C1. The molecule has 2 heterocycles. The summed E-state index contributed by atoms with van der Waals surface area (Å²) in [5.74, 6) is 0.846. The second-order valence-corrected chi connectivity index (χ2v) is 6.82. The number of rotatable bonds is 5. The molecular formula is C22H34N4O2. The number of carbonyl (C=O) groups excluding carboxylic acids is 1. The van der Waals surface area contributed by atoms with Crippen LogP contribution in [-0.4, -0.2) is 36.9 Å². The van der Waals surface area contributed by atoms with Crippen molar-refractivity contribution in [3.05, 3.63) is 40.7 Å². The van der Waals surface area contributed by atoms with Gasteiger partial charge in [0.15, 0.2) is 0 Å². The maximum Gasteiger partial charge on any atom is 0.335 e. The zero-order valence-electron chi connectivity index (χ0n) is 18.5. The van der Waals surface area contributed by atoms with Crippen molar-refractivity contribution in [2.75, 3.05) is 25.1 Å². The third-order valence-corrected chi connectivity index (χ3v) is 4.41. The van der Waals surface area contributed by atoms with Gasteiger partial charge in [0.05, 0.1) is 30.6 Å². The fourth-order valence-electron chi connectivity index (χ4n) is 3.24. The minimum Gasteiger partial charge on any atom is -0.466 e. The first-order chi connectivity index (χ1) is 13.2. The van der Waals surface area contributed by atoms with Gasteiger partial charge in [0.2, 0.25) is 0 Å². The Kier molecular flexibility index (Phi) is 8.89. The third-order valence-electron chi connectivity index (χ3n) is 4.41. The number of carbonyl (C=O) groups is 1. The number of allylic oxidation sites excluding steroid dienone is 2. The van der Waals surface area contributed by atoms with Gasteiger partial charge < -0.3 is 15.4 Å². The molecule has 1 aliphatic heterocycles. The highest BCUT2D eigenvalue weighted by molar-refractivity contribution is 6.00. The number of aryl methyl sites for hydroxylation is 1. The number of hydrogen-bond donors (Lipinski definition) is 1. The Morgan fingerprint density at radius 1 is 1.29 bits per heavy atom. The molecule has 0 spiro atoms. The highest BCUT2D eigenvalue weighted by atomic mass is 16.5. The molecule has 0 radical (unpaired) electrons. The lowest BCUT2D eigenvalue weighted by Crippen LogP contribution is -2.23. The average molecular weight is 387 g/mol. The van der Waals surface area contributed by atoms with E-state index in [0.29, 0.717) is 24.6 Å². The van der Waals surface area contributed by atoms with Crippen LogP contribution < -0.4 is 10.6 Å². The summed E-state index contributed by atoms with van der Waals surface area (Å²) in [5, 5.41) is 0. The molecule has 1 aromatic heterocycles. The smallest absolute Gasteiger partial charge is 0.335 e. The fourth-order valence-corrected chi connectivity index (χ4v) is 3.24. The number of anilines is 1. The van der Waals surface area contributed by atoms with Gasteiger partial charge in [-0.3, -0.25) is 4.99 Å². The molecule has 0 saturated carbocycles. The molecule has 0 saturated heterocycles. The van der Waals surface area contributed by atoms with Crippen LogP contribution in [0.2, 0.25) is 0 Å². The van der Waals surface area contributed by atoms with Gasteiger partial charge in [0.25, 0.3) is 0 Å². The van der Waals surface area contributed by atoms with Crippen molar-refractivity contribution in [2.45, 2.75) is 48.5 Å². The van der Waals surface area contributed by atoms with Crippen LogP contribution in [0.4, 0.5) is 11.5 Å². The molecule has 0 amide bonds. The number of nitrogens with zero attached hydrogens (tertiary/aromatic N) is 3. The summed E-state index contributed by atoms with van der Waals surface area (Å²) in [5.41, 5.74) is 11.1. The fraction of sp³-hybridized carbons (Fsp3) is 0.500. The predicted octanol–water partition coefficient (Wildman–Crippen LogP) is 4.32. The third kappa shape index (κ3) is 5.68. The second-order valence-electron chi connectivity index (χ2n) is 6.82. The average Bonchev–Trinajstić information content (AvgIpc) is 3.14. The molecule has 28 heavy (non-hydrogen) atoms. The Morgan fingerprint density at radius 3 is 2.43 bits per heavy atom. The monoisotopic (exact) mass is 386 g/mol. The molecule has 0 aromatic carbocycles. The van der Waals surface area contributed by atoms with E-state index in [1.165, 1.54) is 7.11 Å². The first kappa shape index (κ1) is 23.4. The maximum atomic E-state index is 11.6. The van der Waals surface area contributed by atoms with Crippen molar-refractivity contribution in [3.8, 4) is 0 Å². The molecule has 0 bridgehead atoms. The number of esters is 1. The Morgan fingerprint density at radius 2 is 1.93 bits per heavy atom. The Bertz CT molecular complexity index is 788. The second kappa shape index (κ2) is 10.6. The predicted molar refractivity (Wildman–Crippen MR) is 117 cm³/mol. The molecule has 154 valence electrons. The summed E-state index contributed by atoms with van der Waals surface area (Å²) < 4.78 is 4.78. The molecule has 0 atom stereocenters. The Labute approximate surface area is 169 Å². The Hall–Kier alpha value is -2.63. The topological polar surface area (TPSA) is 80.8 Å². The van der Waals surface area contributed by atoms with Gasteiger partial charge in [-0.15, -0.1) is 0 Å². The molecule has 0 fully saturated rings. The van der Waals surface area contributed by atoms with E-state index in [-0.39, 0.29) is 5.97 Å². The van der Waals surface area contributed by atoms with Gasteiger partial charge in [-0.1, -0.05) is 33.8 Å². The molecule has 0 unspecified atom stereocenters. The van der Waals surface area contributed by atoms with Gasteiger partial charge in [-0.2, -0.15) is 0 Å². The van der Waals surface area contributed by atoms with Crippen molar-refractivity contribution in [1.82, 2.24) is 4.98 Å². The van der Waals surface area contributed by atoms with Crippen molar-refractivity contribution in [3.63, 3.8) is 0 Å². The summed E-state index contributed by atoms with van der Waals surface area (Å²) >= 11 is 0. The molecule has 2 N–H and O–H groups in total. The number of ether oxygens (including phenoxy) is 1. The van der Waals surface area contributed by atoms with Gasteiger partial charge in [0, 0.05) is 18.0 Å². The molecule has 0 aliphatic carbocycles. The standard InChI is InChI=1S/C20H28N4O2.C2H6/c1-12(2)19(13(3)21)15(5)22-17-7-8-18(23-14(17)4)24-10-9-16(11-24)20(25)26-6;1-2/h7-9,12H,10-11,21H2,1-6H3;1-2H3/b19-13-,22-15?;. The zero-order valence-corrected chi connectivity index (χ0v) is 18.5. The van der Waals surface area contributed by atoms with Crippen molar-refractivity contribution >= 4 is 23.2 Å². The normalized spacial score (nSPS) is 15.0. The van der Waals surface area contributed by atoms with E-state index in [1.54, 1.807) is 0 Å². The van der Waals surface area contributed by atoms with Gasteiger partial charge in [-0.25, -0.2) is 9.78 Å². The summed E-state index contributed by atoms with van der Waals surface area (Å²) in [4.78, 5) is 23.1. The van der Waals surface area contributed by atoms with Crippen LogP contribution in [0.25, 0.3) is 0 Å². The zero-order chi connectivity index (χ0) is 21.4. The van der Waals surface area contributed by atoms with E-state index >= 15 is 0 Å². The molecule has 1 aromatic rings. The summed E-state index contributed by atoms with van der Waals surface area (Å²) in [6.07, 6.45) is 1.88. The lowest BCUT2D eigenvalue weighted by Gasteiger charge is -2.18. The quantitative estimate of drug-likeness (QED) is 0.602. The minimum absolute atomic E-state index is 0.286. The summed E-state index contributed by atoms with van der Waals surface area (Å²) in [6.45, 7) is 15.2. The van der Waals surface area contributed by atoms with Crippen LogP contribution in [0, 0.1) is 12.8 Å². The van der Waals surface area contributed by atoms with Crippen LogP contribution in [0.1, 0.15) is 47.2 Å². The van der Waals surface area contributed by atoms with Crippen LogP contribution >= 0.6 is 0 Å². The number of hydrogen-bond acceptors (Lipinski definition) is 6. The molecule has 1 aliphatic rings. The first-order valence-electron chi connectivity index (χ1n) is 9.76. The largest absolute Gasteiger partial charge is 0.466 e. The lowest BCUT2D eigenvalue weighted by molar-refractivity contribution is -0.136. The minimum atomic E-state index is -0.286. The Balaban J connectivity index is 0.00000190. The highest BCUT2D eigenvalue weighted by Gasteiger charge is 2.21. The molecule has 2 rings (SSSR count). The van der Waals surface area contributed by atoms with E-state index in [4.69, 9.17) is 15.5 Å². The highest BCUT2D eigenvalue weighted by Crippen LogP contribution is 2.26. The van der Waals surface area contributed by atoms with Crippen LogP contribution in [0.15, 0.2) is 40.0 Å². The molecule has 6 heteroatoms. The number of pyridine rings is 1. The summed E-state index contributed by atoms with van der Waals surface area (Å²) in [6, 6.07) is 3.89. The van der Waals surface area contributed by atoms with Gasteiger partial charge in [0.1, 0.15) is 5.82 Å². The van der Waals surface area contributed by atoms with Gasteiger partial charge in [-0.05, 0) is 44.4 Å². The van der Waals surface area contributed by atoms with E-state index in [0.717, 1.165) is 34.2 Å². The maximum absolute atomic E-state index is 11.6. The number of aromatic nitrogens is 1. The van der Waals surface area contributed by atoms with E-state index in [9.17, 15) is 4.79 Å². The number of aliphatic imine (C=N–C) groups is 1. The van der Waals surface area contributed by atoms with E-state index in [2.05, 4.69) is 18.8 Å². The van der Waals surface area contributed by atoms with Gasteiger partial charge >= 0.3 is 5.97 Å². The lowest BCUT2D eigenvalue weighted by atomic mass is 9.97. The number of methoxy groups -OCH3 is 1. The van der Waals surface area contributed by atoms with E-state index < -0.39 is 0 Å². The van der Waals surface area contributed by atoms with Crippen LogP contribution in [0.5, 0.6) is 0 Å². The molecular weight excluding hydrogens is 352 g/mol.